The number of hydrogen-bond acceptors (Lipinski definition) is 7. The van der Waals surface area contributed by atoms with Crippen LogP contribution in [-0.2, 0) is 6.54 Å². The molecule has 1 fully saturated rings. The Hall–Kier alpha value is -2.12. The number of aliphatic hydroxyl groups is 1. The molecule has 2 aliphatic rings. The van der Waals surface area contributed by atoms with Crippen molar-refractivity contribution < 1.29 is 19.1 Å². The monoisotopic (exact) mass is 289 g/mol. The first-order chi connectivity index (χ1) is 10.3. The first kappa shape index (κ1) is 12.6. The predicted octanol–water partition coefficient (Wildman–Crippen LogP) is 1.03. The number of nitrogens with zero attached hydrogens (tertiary/aromatic N) is 3. The van der Waals surface area contributed by atoms with Gasteiger partial charge in [0.25, 0.3) is 0 Å². The molecule has 0 radical (unpaired) electrons. The molecule has 0 amide bonds. The van der Waals surface area contributed by atoms with Crippen LogP contribution in [0.4, 0.5) is 0 Å². The number of hydrogen-bond donors (Lipinski definition) is 1. The molecule has 1 saturated heterocycles. The van der Waals surface area contributed by atoms with Crippen LogP contribution in [0.15, 0.2) is 22.7 Å². The number of rotatable bonds is 3. The summed E-state index contributed by atoms with van der Waals surface area (Å²) in [5.41, 5.74) is 0.829. The Morgan fingerprint density at radius 2 is 2.19 bits per heavy atom. The minimum Gasteiger partial charge on any atom is -0.454 e. The molecule has 2 aromatic rings. The third kappa shape index (κ3) is 2.45. The number of aliphatic hydroxyl groups excluding tert-OH is 1. The van der Waals surface area contributed by atoms with E-state index in [2.05, 4.69) is 15.0 Å². The summed E-state index contributed by atoms with van der Waals surface area (Å²) in [6.45, 7) is 2.31. The second-order valence-electron chi connectivity index (χ2n) is 5.26. The lowest BCUT2D eigenvalue weighted by Gasteiger charge is -2.10. The van der Waals surface area contributed by atoms with Gasteiger partial charge in [-0.1, -0.05) is 5.16 Å². The highest BCUT2D eigenvalue weighted by atomic mass is 16.7. The molecule has 1 N–H and O–H groups in total. The van der Waals surface area contributed by atoms with Gasteiger partial charge in [-0.25, -0.2) is 0 Å². The molecular formula is C14H15N3O4. The number of aromatic nitrogens is 2. The fraction of sp³-hybridized carbons (Fsp3) is 0.429. The third-order valence-corrected chi connectivity index (χ3v) is 3.71. The van der Waals surface area contributed by atoms with E-state index in [1.165, 1.54) is 0 Å². The maximum Gasteiger partial charge on any atom is 0.241 e. The van der Waals surface area contributed by atoms with Crippen LogP contribution >= 0.6 is 0 Å². The summed E-state index contributed by atoms with van der Waals surface area (Å²) in [6, 6.07) is 5.56. The molecule has 0 bridgehead atoms. The van der Waals surface area contributed by atoms with Crippen LogP contribution in [0.2, 0.25) is 0 Å². The largest absolute Gasteiger partial charge is 0.454 e. The maximum absolute atomic E-state index is 9.52. The van der Waals surface area contributed by atoms with Crippen molar-refractivity contribution in [1.82, 2.24) is 15.0 Å². The molecule has 1 atom stereocenters. The molecule has 0 spiro atoms. The summed E-state index contributed by atoms with van der Waals surface area (Å²) in [7, 11) is 0. The van der Waals surface area contributed by atoms with Crippen molar-refractivity contribution in [1.29, 1.82) is 0 Å². The molecular weight excluding hydrogens is 274 g/mol. The lowest BCUT2D eigenvalue weighted by molar-refractivity contribution is 0.169. The molecule has 7 nitrogen and oxygen atoms in total. The SMILES string of the molecule is OC1CCN(Cc2nc(-c3ccc4c(c3)OCO4)no2)C1. The van der Waals surface area contributed by atoms with Crippen molar-refractivity contribution in [3.05, 3.63) is 24.1 Å². The van der Waals surface area contributed by atoms with Crippen molar-refractivity contribution in [3.63, 3.8) is 0 Å². The smallest absolute Gasteiger partial charge is 0.241 e. The number of fused-ring (bicyclic) bond motifs is 1. The fourth-order valence-electron chi connectivity index (χ4n) is 2.62. The van der Waals surface area contributed by atoms with Gasteiger partial charge in [-0.3, -0.25) is 4.90 Å². The van der Waals surface area contributed by atoms with E-state index in [1.54, 1.807) is 0 Å². The van der Waals surface area contributed by atoms with Crippen molar-refractivity contribution in [2.75, 3.05) is 19.9 Å². The summed E-state index contributed by atoms with van der Waals surface area (Å²) >= 11 is 0. The van der Waals surface area contributed by atoms with Crippen molar-refractivity contribution in [2.24, 2.45) is 0 Å². The molecule has 1 unspecified atom stereocenters. The maximum atomic E-state index is 9.52. The summed E-state index contributed by atoms with van der Waals surface area (Å²) in [4.78, 5) is 6.50. The standard InChI is InChI=1S/C14H15N3O4/c18-10-3-4-17(6-10)7-13-15-14(16-21-13)9-1-2-11-12(5-9)20-8-19-11/h1-2,5,10,18H,3-4,6-8H2. The predicted molar refractivity (Wildman–Crippen MR) is 71.8 cm³/mol. The average molecular weight is 289 g/mol. The second-order valence-corrected chi connectivity index (χ2v) is 5.26. The van der Waals surface area contributed by atoms with E-state index in [-0.39, 0.29) is 12.9 Å². The topological polar surface area (TPSA) is 80.9 Å². The van der Waals surface area contributed by atoms with Gasteiger partial charge < -0.3 is 19.1 Å². The minimum absolute atomic E-state index is 0.244. The fourth-order valence-corrected chi connectivity index (χ4v) is 2.62. The van der Waals surface area contributed by atoms with Crippen LogP contribution in [0.3, 0.4) is 0 Å². The highest BCUT2D eigenvalue weighted by Crippen LogP contribution is 2.35. The van der Waals surface area contributed by atoms with Crippen LogP contribution in [0.1, 0.15) is 12.3 Å². The Balaban J connectivity index is 1.51. The van der Waals surface area contributed by atoms with Gasteiger partial charge in [0.1, 0.15) is 0 Å². The van der Waals surface area contributed by atoms with Gasteiger partial charge in [0, 0.05) is 18.7 Å². The summed E-state index contributed by atoms with van der Waals surface area (Å²) < 4.78 is 15.9. The number of β-amino-alcohol motifs (C(OH)–C–C–N with tert-alkyl or cyclic N) is 1. The Kier molecular flexibility index (Phi) is 3.01. The first-order valence-corrected chi connectivity index (χ1v) is 6.91. The van der Waals surface area contributed by atoms with E-state index in [0.29, 0.717) is 30.6 Å². The summed E-state index contributed by atoms with van der Waals surface area (Å²) in [5, 5.41) is 13.5. The highest BCUT2D eigenvalue weighted by Gasteiger charge is 2.22. The molecule has 1 aromatic carbocycles. The average Bonchev–Trinajstić information content (AvgIpc) is 3.19. The minimum atomic E-state index is -0.249. The zero-order valence-corrected chi connectivity index (χ0v) is 11.4. The Bertz CT molecular complexity index is 657. The molecule has 0 aliphatic carbocycles. The third-order valence-electron chi connectivity index (χ3n) is 3.71. The summed E-state index contributed by atoms with van der Waals surface area (Å²) in [6.07, 6.45) is 0.546. The van der Waals surface area contributed by atoms with Gasteiger partial charge in [0.05, 0.1) is 12.6 Å². The molecule has 7 heteroatoms. The molecule has 21 heavy (non-hydrogen) atoms. The van der Waals surface area contributed by atoms with E-state index in [9.17, 15) is 5.11 Å². The van der Waals surface area contributed by atoms with Crippen LogP contribution < -0.4 is 9.47 Å². The lowest BCUT2D eigenvalue weighted by Crippen LogP contribution is -2.21. The van der Waals surface area contributed by atoms with E-state index >= 15 is 0 Å². The molecule has 1 aromatic heterocycles. The van der Waals surface area contributed by atoms with Gasteiger partial charge in [0.15, 0.2) is 11.5 Å². The summed E-state index contributed by atoms with van der Waals surface area (Å²) in [5.74, 6) is 2.51. The van der Waals surface area contributed by atoms with Crippen LogP contribution in [0.5, 0.6) is 11.5 Å². The quantitative estimate of drug-likeness (QED) is 0.903. The van der Waals surface area contributed by atoms with E-state index < -0.39 is 0 Å². The molecule has 110 valence electrons. The first-order valence-electron chi connectivity index (χ1n) is 6.91. The zero-order valence-electron chi connectivity index (χ0n) is 11.4. The van der Waals surface area contributed by atoms with Crippen molar-refractivity contribution in [3.8, 4) is 22.9 Å². The Morgan fingerprint density at radius 1 is 1.29 bits per heavy atom. The van der Waals surface area contributed by atoms with Crippen LogP contribution in [0, 0.1) is 0 Å². The van der Waals surface area contributed by atoms with Gasteiger partial charge in [-0.05, 0) is 24.6 Å². The zero-order chi connectivity index (χ0) is 14.2. The number of benzene rings is 1. The van der Waals surface area contributed by atoms with Gasteiger partial charge in [-0.2, -0.15) is 4.98 Å². The van der Waals surface area contributed by atoms with Gasteiger partial charge in [-0.15, -0.1) is 0 Å². The number of likely N-dealkylation sites (tertiary alicyclic amines) is 1. The normalized spacial score (nSPS) is 21.1. The number of ether oxygens (including phenoxy) is 2. The molecule has 2 aliphatic heterocycles. The van der Waals surface area contributed by atoms with E-state index in [4.69, 9.17) is 14.0 Å². The van der Waals surface area contributed by atoms with Crippen molar-refractivity contribution in [2.45, 2.75) is 19.1 Å². The van der Waals surface area contributed by atoms with E-state index in [1.807, 2.05) is 18.2 Å². The molecule has 3 heterocycles. The highest BCUT2D eigenvalue weighted by molar-refractivity contribution is 5.61. The van der Waals surface area contributed by atoms with Crippen LogP contribution in [0.25, 0.3) is 11.4 Å². The lowest BCUT2D eigenvalue weighted by atomic mass is 10.2. The second kappa shape index (κ2) is 5.01. The van der Waals surface area contributed by atoms with Gasteiger partial charge >= 0.3 is 0 Å². The van der Waals surface area contributed by atoms with E-state index in [0.717, 1.165) is 24.3 Å². The van der Waals surface area contributed by atoms with Crippen LogP contribution in [-0.4, -0.2) is 46.1 Å². The Labute approximate surface area is 121 Å². The van der Waals surface area contributed by atoms with Crippen molar-refractivity contribution >= 4 is 0 Å². The van der Waals surface area contributed by atoms with Gasteiger partial charge in [0.2, 0.25) is 18.5 Å². The Morgan fingerprint density at radius 3 is 3.05 bits per heavy atom. The molecule has 0 saturated carbocycles. The molecule has 4 rings (SSSR count).